The summed E-state index contributed by atoms with van der Waals surface area (Å²) in [6, 6.07) is 2.80. The lowest BCUT2D eigenvalue weighted by Crippen LogP contribution is -2.46. The molecule has 0 fully saturated rings. The monoisotopic (exact) mass is 461 g/mol. The van der Waals surface area contributed by atoms with Gasteiger partial charge in [-0.05, 0) is 23.6 Å². The Morgan fingerprint density at radius 1 is 1.15 bits per heavy atom. The van der Waals surface area contributed by atoms with Crippen molar-refractivity contribution in [3.05, 3.63) is 42.5 Å². The topological polar surface area (TPSA) is 99.8 Å². The van der Waals surface area contributed by atoms with Crippen molar-refractivity contribution in [1.82, 2.24) is 20.3 Å². The minimum atomic E-state index is -4.48. The number of aromatic nitrogens is 3. The van der Waals surface area contributed by atoms with E-state index in [9.17, 15) is 22.8 Å². The predicted molar refractivity (Wildman–Crippen MR) is 120 cm³/mol. The highest BCUT2D eigenvalue weighted by Gasteiger charge is 2.30. The molecule has 1 unspecified atom stereocenters. The zero-order valence-electron chi connectivity index (χ0n) is 18.6. The van der Waals surface area contributed by atoms with E-state index in [1.54, 1.807) is 38.5 Å². The van der Waals surface area contributed by atoms with E-state index in [2.05, 4.69) is 20.3 Å². The van der Waals surface area contributed by atoms with Gasteiger partial charge in [0, 0.05) is 54.1 Å². The van der Waals surface area contributed by atoms with Crippen molar-refractivity contribution in [3.8, 4) is 11.1 Å². The van der Waals surface area contributed by atoms with Crippen LogP contribution < -0.4 is 10.6 Å². The first-order valence-electron chi connectivity index (χ1n) is 10.6. The molecule has 1 atom stereocenters. The Kier molecular flexibility index (Phi) is 7.35. The Balaban J connectivity index is 1.85. The number of hydrogen-bond acceptors (Lipinski definition) is 5. The Morgan fingerprint density at radius 3 is 2.58 bits per heavy atom. The summed E-state index contributed by atoms with van der Waals surface area (Å²) >= 11 is 0. The van der Waals surface area contributed by atoms with E-state index in [-0.39, 0.29) is 11.7 Å². The van der Waals surface area contributed by atoms with Crippen LogP contribution in [0.2, 0.25) is 0 Å². The molecule has 3 aromatic rings. The second-order valence-electron chi connectivity index (χ2n) is 8.17. The van der Waals surface area contributed by atoms with E-state index >= 15 is 0 Å². The number of carbonyl (C=O) groups is 2. The normalized spacial score (nSPS) is 12.7. The lowest BCUT2D eigenvalue weighted by Gasteiger charge is -2.23. The van der Waals surface area contributed by atoms with Crippen LogP contribution in [0.5, 0.6) is 0 Å². The molecule has 3 heterocycles. The molecule has 3 rings (SSSR count). The van der Waals surface area contributed by atoms with Gasteiger partial charge in [0.25, 0.3) is 0 Å². The number of anilines is 1. The Hall–Kier alpha value is -3.43. The summed E-state index contributed by atoms with van der Waals surface area (Å²) < 4.78 is 37.5. The molecule has 10 heteroatoms. The van der Waals surface area contributed by atoms with E-state index < -0.39 is 24.7 Å². The van der Waals surface area contributed by atoms with Crippen LogP contribution in [-0.2, 0) is 16.0 Å². The van der Waals surface area contributed by atoms with Gasteiger partial charge in [0.2, 0.25) is 5.91 Å². The highest BCUT2D eigenvalue weighted by molar-refractivity contribution is 5.95. The van der Waals surface area contributed by atoms with Gasteiger partial charge in [0.15, 0.2) is 0 Å². The number of alkyl halides is 3. The van der Waals surface area contributed by atoms with Crippen LogP contribution in [0.3, 0.4) is 0 Å². The van der Waals surface area contributed by atoms with Crippen LogP contribution in [0.15, 0.2) is 36.9 Å². The molecular formula is C23H26F3N5O2. The van der Waals surface area contributed by atoms with Gasteiger partial charge in [-0.1, -0.05) is 20.8 Å². The fourth-order valence-corrected chi connectivity index (χ4v) is 3.41. The molecule has 176 valence electrons. The van der Waals surface area contributed by atoms with Crippen molar-refractivity contribution in [2.45, 2.75) is 45.8 Å². The quantitative estimate of drug-likeness (QED) is 0.442. The number of H-pyrrole nitrogens is 1. The molecule has 1 amide bonds. The van der Waals surface area contributed by atoms with E-state index in [0.29, 0.717) is 24.2 Å². The summed E-state index contributed by atoms with van der Waals surface area (Å²) in [6.07, 6.45) is 2.86. The fraction of sp³-hybridized carbons (Fsp3) is 0.391. The average Bonchev–Trinajstić information content (AvgIpc) is 3.18. The van der Waals surface area contributed by atoms with Crippen LogP contribution >= 0.6 is 0 Å². The summed E-state index contributed by atoms with van der Waals surface area (Å²) in [5, 5.41) is 5.75. The third-order valence-corrected chi connectivity index (χ3v) is 5.17. The van der Waals surface area contributed by atoms with Crippen LogP contribution in [0.1, 0.15) is 32.8 Å². The lowest BCUT2D eigenvalue weighted by atomic mass is 10.0. The number of nitrogens with one attached hydrogen (secondary N) is 3. The minimum absolute atomic E-state index is 0.115. The number of fused-ring (bicyclic) bond motifs is 1. The van der Waals surface area contributed by atoms with Crippen LogP contribution in [0.25, 0.3) is 22.2 Å². The molecule has 0 aromatic carbocycles. The molecule has 0 radical (unpaired) electrons. The summed E-state index contributed by atoms with van der Waals surface area (Å²) in [5.74, 6) is -0.892. The molecule has 7 nitrogen and oxygen atoms in total. The Morgan fingerprint density at radius 2 is 1.91 bits per heavy atom. The molecule has 0 bridgehead atoms. The molecule has 0 aliphatic rings. The lowest BCUT2D eigenvalue weighted by molar-refractivity contribution is -0.139. The molecule has 0 spiro atoms. The predicted octanol–water partition coefficient (Wildman–Crippen LogP) is 4.26. The Labute approximate surface area is 189 Å². The highest BCUT2D eigenvalue weighted by atomic mass is 19.4. The average molecular weight is 461 g/mol. The van der Waals surface area contributed by atoms with Gasteiger partial charge in [-0.25, -0.2) is 4.98 Å². The van der Waals surface area contributed by atoms with Gasteiger partial charge in [-0.15, -0.1) is 0 Å². The molecule has 33 heavy (non-hydrogen) atoms. The minimum Gasteiger partial charge on any atom is -0.372 e. The van der Waals surface area contributed by atoms with Crippen molar-refractivity contribution < 1.29 is 22.8 Å². The van der Waals surface area contributed by atoms with Gasteiger partial charge in [0.1, 0.15) is 24.0 Å². The SMILES string of the molecule is CCC(=O)Cc1cnc2[nH]cc(-c3cncc(NC(C(=O)NCC(F)(F)F)C(C)C)c3)c2c1. The number of aromatic amines is 1. The molecule has 0 aliphatic carbocycles. The van der Waals surface area contributed by atoms with Crippen LogP contribution in [-0.4, -0.2) is 45.4 Å². The number of hydrogen-bond donors (Lipinski definition) is 3. The van der Waals surface area contributed by atoms with Crippen LogP contribution in [0, 0.1) is 5.92 Å². The van der Waals surface area contributed by atoms with Crippen molar-refractivity contribution in [2.75, 3.05) is 11.9 Å². The fourth-order valence-electron chi connectivity index (χ4n) is 3.41. The number of amides is 1. The number of rotatable bonds is 9. The van der Waals surface area contributed by atoms with E-state index in [4.69, 9.17) is 0 Å². The van der Waals surface area contributed by atoms with Crippen molar-refractivity contribution >= 4 is 28.4 Å². The third-order valence-electron chi connectivity index (χ3n) is 5.17. The second-order valence-corrected chi connectivity index (χ2v) is 8.17. The molecule has 3 N–H and O–H groups in total. The summed E-state index contributed by atoms with van der Waals surface area (Å²) in [4.78, 5) is 35.9. The summed E-state index contributed by atoms with van der Waals surface area (Å²) in [5.41, 5.74) is 3.49. The molecular weight excluding hydrogens is 435 g/mol. The number of pyridine rings is 2. The first kappa shape index (κ1) is 24.2. The van der Waals surface area contributed by atoms with Gasteiger partial charge in [0.05, 0.1) is 5.69 Å². The van der Waals surface area contributed by atoms with E-state index in [0.717, 1.165) is 22.1 Å². The maximum absolute atomic E-state index is 12.5. The molecule has 0 aliphatic heterocycles. The smallest absolute Gasteiger partial charge is 0.372 e. The highest BCUT2D eigenvalue weighted by Crippen LogP contribution is 2.30. The summed E-state index contributed by atoms with van der Waals surface area (Å²) in [6.45, 7) is 3.91. The largest absolute Gasteiger partial charge is 0.405 e. The van der Waals surface area contributed by atoms with Crippen LogP contribution in [0.4, 0.5) is 18.9 Å². The van der Waals surface area contributed by atoms with Crippen molar-refractivity contribution in [1.29, 1.82) is 0 Å². The Bertz CT molecular complexity index is 1140. The number of carbonyl (C=O) groups excluding carboxylic acids is 2. The number of Topliss-reactive ketones (excluding diaryl/α,β-unsaturated/α-hetero) is 1. The standard InChI is InChI=1S/C23H26F3N5O2/c1-4-17(32)5-14-6-18-19(11-29-21(18)28-8-14)15-7-16(10-27-9-15)31-20(13(2)3)22(33)30-12-23(24,25)26/h6-11,13,20,31H,4-5,12H2,1-3H3,(H,28,29)(H,30,33). The molecule has 0 saturated heterocycles. The second kappa shape index (κ2) is 10.0. The van der Waals surface area contributed by atoms with Gasteiger partial charge in [-0.2, -0.15) is 13.2 Å². The third kappa shape index (κ3) is 6.30. The molecule has 0 saturated carbocycles. The van der Waals surface area contributed by atoms with Gasteiger partial charge >= 0.3 is 6.18 Å². The van der Waals surface area contributed by atoms with Gasteiger partial charge < -0.3 is 15.6 Å². The maximum atomic E-state index is 12.5. The zero-order chi connectivity index (χ0) is 24.2. The van der Waals surface area contributed by atoms with E-state index in [1.165, 1.54) is 6.20 Å². The number of nitrogens with zero attached hydrogens (tertiary/aromatic N) is 2. The van der Waals surface area contributed by atoms with Crippen molar-refractivity contribution in [2.24, 2.45) is 5.92 Å². The number of ketones is 1. The zero-order valence-corrected chi connectivity index (χ0v) is 18.6. The van der Waals surface area contributed by atoms with Gasteiger partial charge in [-0.3, -0.25) is 14.6 Å². The first-order chi connectivity index (χ1) is 15.6. The first-order valence-corrected chi connectivity index (χ1v) is 10.6. The van der Waals surface area contributed by atoms with Crippen molar-refractivity contribution in [3.63, 3.8) is 0 Å². The van der Waals surface area contributed by atoms with E-state index in [1.807, 2.05) is 18.3 Å². The number of halogens is 3. The maximum Gasteiger partial charge on any atom is 0.405 e. The summed E-state index contributed by atoms with van der Waals surface area (Å²) in [7, 11) is 0. The molecule has 3 aromatic heterocycles.